The fourth-order valence-corrected chi connectivity index (χ4v) is 5.32. The van der Waals surface area contributed by atoms with Crippen LogP contribution in [0.3, 0.4) is 0 Å². The summed E-state index contributed by atoms with van der Waals surface area (Å²) in [6.45, 7) is 0.754. The van der Waals surface area contributed by atoms with Crippen molar-refractivity contribution in [3.63, 3.8) is 0 Å². The molecule has 3 amide bonds. The summed E-state index contributed by atoms with van der Waals surface area (Å²) >= 11 is 0. The van der Waals surface area contributed by atoms with Crippen molar-refractivity contribution in [3.8, 4) is 5.75 Å². The van der Waals surface area contributed by atoms with Gasteiger partial charge in [-0.15, -0.1) is 0 Å². The Balaban J connectivity index is 1.65. The van der Waals surface area contributed by atoms with Crippen LogP contribution in [0, 0.1) is 11.8 Å². The molecular weight excluding hydrogens is 408 g/mol. The summed E-state index contributed by atoms with van der Waals surface area (Å²) in [5, 5.41) is 0. The Bertz CT molecular complexity index is 867. The first-order valence-corrected chi connectivity index (χ1v) is 11.7. The van der Waals surface area contributed by atoms with Gasteiger partial charge in [-0.05, 0) is 50.0 Å². The minimum absolute atomic E-state index is 0.0176. The second-order valence-electron chi connectivity index (χ2n) is 9.50. The monoisotopic (exact) mass is 442 g/mol. The van der Waals surface area contributed by atoms with Gasteiger partial charge in [0.25, 0.3) is 0 Å². The van der Waals surface area contributed by atoms with E-state index in [4.69, 9.17) is 9.47 Å². The number of ether oxygens (including phenoxy) is 2. The molecule has 0 radical (unpaired) electrons. The zero-order chi connectivity index (χ0) is 22.9. The fraction of sp³-hybridized carbons (Fsp3) is 0.640. The normalized spacial score (nSPS) is 23.2. The maximum absolute atomic E-state index is 13.8. The predicted molar refractivity (Wildman–Crippen MR) is 119 cm³/mol. The molecule has 1 saturated heterocycles. The van der Waals surface area contributed by atoms with Crippen molar-refractivity contribution in [1.82, 2.24) is 9.80 Å². The lowest BCUT2D eigenvalue weighted by molar-refractivity contribution is -0.143. The fourth-order valence-electron chi connectivity index (χ4n) is 5.32. The molecule has 0 spiro atoms. The Hall–Kier alpha value is -2.41. The predicted octanol–water partition coefficient (Wildman–Crippen LogP) is 2.77. The van der Waals surface area contributed by atoms with E-state index in [1.54, 1.807) is 20.3 Å². The van der Waals surface area contributed by atoms with E-state index in [9.17, 15) is 14.4 Å². The van der Waals surface area contributed by atoms with Gasteiger partial charge in [0, 0.05) is 51.8 Å². The van der Waals surface area contributed by atoms with Crippen molar-refractivity contribution in [2.45, 2.75) is 56.4 Å². The molecule has 4 rings (SSSR count). The van der Waals surface area contributed by atoms with E-state index in [2.05, 4.69) is 0 Å². The van der Waals surface area contributed by atoms with E-state index < -0.39 is 5.41 Å². The first-order chi connectivity index (χ1) is 15.4. The summed E-state index contributed by atoms with van der Waals surface area (Å²) in [6, 6.07) is 7.51. The van der Waals surface area contributed by atoms with E-state index in [0.29, 0.717) is 42.7 Å². The number of likely N-dealkylation sites (tertiary alicyclic amines) is 1. The number of carbonyl (C=O) groups excluding carboxylic acids is 3. The van der Waals surface area contributed by atoms with E-state index in [-0.39, 0.29) is 36.6 Å². The minimum atomic E-state index is -1.24. The van der Waals surface area contributed by atoms with Gasteiger partial charge in [-0.1, -0.05) is 18.2 Å². The van der Waals surface area contributed by atoms with Gasteiger partial charge in [0.2, 0.25) is 17.7 Å². The molecule has 3 fully saturated rings. The summed E-state index contributed by atoms with van der Waals surface area (Å²) in [6.07, 6.45) is 5.20. The number of rotatable bonds is 11. The van der Waals surface area contributed by atoms with Gasteiger partial charge in [-0.2, -0.15) is 0 Å². The van der Waals surface area contributed by atoms with Crippen LogP contribution in [0.4, 0.5) is 0 Å². The van der Waals surface area contributed by atoms with Crippen LogP contribution in [-0.2, 0) is 24.5 Å². The van der Waals surface area contributed by atoms with E-state index in [1.807, 2.05) is 30.1 Å². The Morgan fingerprint density at radius 1 is 1.16 bits per heavy atom. The molecule has 0 aromatic heterocycles. The van der Waals surface area contributed by atoms with Crippen molar-refractivity contribution in [2.24, 2.45) is 11.8 Å². The Morgan fingerprint density at radius 3 is 2.41 bits per heavy atom. The summed E-state index contributed by atoms with van der Waals surface area (Å²) in [4.78, 5) is 43.5. The maximum Gasteiger partial charge on any atom is 0.241 e. The van der Waals surface area contributed by atoms with Gasteiger partial charge in [-0.3, -0.25) is 19.3 Å². The first kappa shape index (κ1) is 22.8. The number of nitrogens with zero attached hydrogens (tertiary/aromatic N) is 2. The third kappa shape index (κ3) is 4.27. The highest BCUT2D eigenvalue weighted by atomic mass is 16.5. The number of imide groups is 1. The molecule has 1 aliphatic heterocycles. The van der Waals surface area contributed by atoms with Crippen LogP contribution in [0.1, 0.15) is 50.5 Å². The van der Waals surface area contributed by atoms with E-state index in [0.717, 1.165) is 0 Å². The van der Waals surface area contributed by atoms with Gasteiger partial charge >= 0.3 is 0 Å². The molecule has 2 saturated carbocycles. The van der Waals surface area contributed by atoms with Crippen molar-refractivity contribution in [1.29, 1.82) is 0 Å². The summed E-state index contributed by atoms with van der Waals surface area (Å²) in [5.74, 6) is 1.06. The highest BCUT2D eigenvalue weighted by molar-refractivity contribution is 6.11. The number of hydrogen-bond donors (Lipinski definition) is 0. The zero-order valence-corrected chi connectivity index (χ0v) is 19.3. The zero-order valence-electron chi connectivity index (χ0n) is 19.3. The van der Waals surface area contributed by atoms with E-state index >= 15 is 0 Å². The van der Waals surface area contributed by atoms with Crippen molar-refractivity contribution >= 4 is 17.7 Å². The van der Waals surface area contributed by atoms with Gasteiger partial charge in [0.05, 0.1) is 12.5 Å². The van der Waals surface area contributed by atoms with Crippen molar-refractivity contribution in [3.05, 3.63) is 29.8 Å². The van der Waals surface area contributed by atoms with Crippen LogP contribution in [-0.4, -0.2) is 68.0 Å². The second kappa shape index (κ2) is 9.22. The highest BCUT2D eigenvalue weighted by Crippen LogP contribution is 2.48. The lowest BCUT2D eigenvalue weighted by atomic mass is 9.75. The van der Waals surface area contributed by atoms with Crippen LogP contribution < -0.4 is 4.74 Å². The van der Waals surface area contributed by atoms with E-state index in [1.165, 1.54) is 30.6 Å². The number of para-hydroxylation sites is 1. The van der Waals surface area contributed by atoms with Crippen LogP contribution in [0.5, 0.6) is 5.75 Å². The standard InChI is InChI=1S/C25H34N2O5/c1-26(23(17-9-10-17)18-11-12-18)21(28)15-25(19-7-4-5-8-20(19)32-3)16-22(29)27(24(25)30)13-6-14-31-2/h4-5,7-8,17-18,23H,6,9-16H2,1-3H3. The number of carbonyl (C=O) groups is 3. The summed E-state index contributed by atoms with van der Waals surface area (Å²) in [5.41, 5.74) is -0.619. The largest absolute Gasteiger partial charge is 0.496 e. The van der Waals surface area contributed by atoms with Crippen molar-refractivity contribution in [2.75, 3.05) is 34.4 Å². The average molecular weight is 443 g/mol. The molecule has 0 N–H and O–H groups in total. The van der Waals surface area contributed by atoms with Crippen molar-refractivity contribution < 1.29 is 23.9 Å². The molecule has 1 aromatic rings. The quantitative estimate of drug-likeness (QED) is 0.389. The molecule has 1 atom stereocenters. The van der Waals surface area contributed by atoms with Crippen LogP contribution in [0.15, 0.2) is 24.3 Å². The molecule has 0 bridgehead atoms. The third-order valence-electron chi connectivity index (χ3n) is 7.26. The summed E-state index contributed by atoms with van der Waals surface area (Å²) < 4.78 is 10.7. The molecule has 1 unspecified atom stereocenters. The molecule has 3 aliphatic rings. The Morgan fingerprint density at radius 2 is 1.81 bits per heavy atom. The number of methoxy groups -OCH3 is 2. The molecule has 7 heteroatoms. The lowest BCUT2D eigenvalue weighted by Gasteiger charge is -2.33. The number of amides is 3. The maximum atomic E-state index is 13.8. The topological polar surface area (TPSA) is 76.2 Å². The molecule has 7 nitrogen and oxygen atoms in total. The van der Waals surface area contributed by atoms with Crippen LogP contribution in [0.2, 0.25) is 0 Å². The van der Waals surface area contributed by atoms with Gasteiger partial charge in [0.1, 0.15) is 5.75 Å². The first-order valence-electron chi connectivity index (χ1n) is 11.7. The van der Waals surface area contributed by atoms with Crippen LogP contribution >= 0.6 is 0 Å². The molecule has 2 aliphatic carbocycles. The van der Waals surface area contributed by atoms with Gasteiger partial charge in [-0.25, -0.2) is 0 Å². The van der Waals surface area contributed by atoms with Gasteiger partial charge < -0.3 is 14.4 Å². The Labute approximate surface area is 190 Å². The average Bonchev–Trinajstić information content (AvgIpc) is 3.71. The highest BCUT2D eigenvalue weighted by Gasteiger charge is 2.56. The third-order valence-corrected chi connectivity index (χ3v) is 7.26. The molecule has 1 heterocycles. The minimum Gasteiger partial charge on any atom is -0.496 e. The Kier molecular flexibility index (Phi) is 6.56. The molecular formula is C25H34N2O5. The number of benzene rings is 1. The number of hydrogen-bond acceptors (Lipinski definition) is 5. The lowest BCUT2D eigenvalue weighted by Crippen LogP contribution is -2.46. The molecule has 32 heavy (non-hydrogen) atoms. The van der Waals surface area contributed by atoms with Crippen LogP contribution in [0.25, 0.3) is 0 Å². The molecule has 1 aromatic carbocycles. The second-order valence-corrected chi connectivity index (χ2v) is 9.50. The van der Waals surface area contributed by atoms with Gasteiger partial charge in [0.15, 0.2) is 0 Å². The SMILES string of the molecule is COCCCN1C(=O)CC(CC(=O)N(C)C(C2CC2)C2CC2)(c2ccccc2OC)C1=O. The smallest absolute Gasteiger partial charge is 0.241 e. The summed E-state index contributed by atoms with van der Waals surface area (Å²) in [7, 11) is 5.02. The molecule has 174 valence electrons.